The Morgan fingerprint density at radius 2 is 1.44 bits per heavy atom. The van der Waals surface area contributed by atoms with Gasteiger partial charge in [0.25, 0.3) is 0 Å². The first-order valence-corrected chi connectivity index (χ1v) is 14.8. The number of phenolic OH excluding ortho intramolecular Hbond substituents is 2. The number of thiol groups is 1. The monoisotopic (exact) mass is 593 g/mol. The van der Waals surface area contributed by atoms with E-state index in [0.717, 1.165) is 74.4 Å². The second kappa shape index (κ2) is 23.7. The Morgan fingerprint density at radius 1 is 0.872 bits per heavy atom. The van der Waals surface area contributed by atoms with Gasteiger partial charge in [-0.3, -0.25) is 19.3 Å². The second-order valence-corrected chi connectivity index (χ2v) is 9.99. The van der Waals surface area contributed by atoms with Crippen molar-refractivity contribution < 1.29 is 49.4 Å². The summed E-state index contributed by atoms with van der Waals surface area (Å²) in [5.74, 6) is -2.21. The minimum atomic E-state index is -1.26. The minimum Gasteiger partial charge on any atom is -0.508 e. The highest BCUT2D eigenvalue weighted by atomic mass is 32.2. The first-order valence-electron chi connectivity index (χ1n) is 12.8. The number of rotatable bonds is 22. The van der Waals surface area contributed by atoms with Crippen molar-refractivity contribution >= 4 is 42.3 Å². The molecule has 0 aliphatic rings. The fourth-order valence-corrected chi connectivity index (χ4v) is 4.29. The maximum atomic E-state index is 10.9. The Bertz CT molecular complexity index is 812. The molecule has 0 saturated carbocycles. The topological polar surface area (TPSA) is 174 Å². The highest BCUT2D eigenvalue weighted by Crippen LogP contribution is 2.23. The van der Waals surface area contributed by atoms with E-state index in [1.165, 1.54) is 17.8 Å². The van der Waals surface area contributed by atoms with Crippen LogP contribution in [0.1, 0.15) is 44.1 Å². The number of hydrogen-bond acceptors (Lipinski definition) is 10. The number of benzene rings is 1. The standard InChI is InChI=1S/C18H30O4S.C8H13NO6S/c19-17-8-9-18(20)16(15-17)7-3-1-2-4-10-21-12-13-22-11-5-6-14-23;1-16-4-5(8(14)15)9(2-6(10)11)3-7(12)13/h8-9,15,19-20,23H,1-7,10-14H2;5H,2-4H2,1H3,(H,10,11)(H,12,13)(H,14,15). The molecule has 1 atom stereocenters. The van der Waals surface area contributed by atoms with Gasteiger partial charge in [0.2, 0.25) is 0 Å². The molecule has 39 heavy (non-hydrogen) atoms. The van der Waals surface area contributed by atoms with Gasteiger partial charge in [-0.15, -0.1) is 0 Å². The molecule has 1 aromatic carbocycles. The maximum absolute atomic E-state index is 10.9. The number of carboxylic acid groups (broad SMARTS) is 3. The first kappa shape index (κ1) is 36.8. The smallest absolute Gasteiger partial charge is 0.321 e. The molecule has 224 valence electrons. The number of hydrogen-bond donors (Lipinski definition) is 6. The van der Waals surface area contributed by atoms with Gasteiger partial charge < -0.3 is 35.0 Å². The van der Waals surface area contributed by atoms with Gasteiger partial charge in [-0.1, -0.05) is 12.8 Å². The number of phenols is 2. The van der Waals surface area contributed by atoms with E-state index < -0.39 is 37.0 Å². The second-order valence-electron chi connectivity index (χ2n) is 8.63. The summed E-state index contributed by atoms with van der Waals surface area (Å²) in [7, 11) is 0. The van der Waals surface area contributed by atoms with Crippen molar-refractivity contribution in [1.29, 1.82) is 0 Å². The summed E-state index contributed by atoms with van der Waals surface area (Å²) >= 11 is 5.37. The van der Waals surface area contributed by atoms with Crippen LogP contribution in [0.15, 0.2) is 18.2 Å². The summed E-state index contributed by atoms with van der Waals surface area (Å²) in [6.45, 7) is 1.69. The van der Waals surface area contributed by atoms with Crippen LogP contribution in [0.4, 0.5) is 0 Å². The lowest BCUT2D eigenvalue weighted by atomic mass is 10.1. The van der Waals surface area contributed by atoms with Crippen LogP contribution in [-0.4, -0.2) is 112 Å². The molecular formula is C26H43NO10S2. The van der Waals surface area contributed by atoms with Crippen molar-refractivity contribution in [2.24, 2.45) is 0 Å². The number of aliphatic carboxylic acids is 3. The van der Waals surface area contributed by atoms with E-state index in [2.05, 4.69) is 12.6 Å². The van der Waals surface area contributed by atoms with Gasteiger partial charge in [0.15, 0.2) is 0 Å². The predicted octanol–water partition coefficient (Wildman–Crippen LogP) is 3.22. The Balaban J connectivity index is 0.000000794. The molecule has 1 aromatic rings. The lowest BCUT2D eigenvalue weighted by Gasteiger charge is -2.24. The summed E-state index contributed by atoms with van der Waals surface area (Å²) in [6.07, 6.45) is 8.89. The third-order valence-electron chi connectivity index (χ3n) is 5.34. The highest BCUT2D eigenvalue weighted by Gasteiger charge is 2.28. The summed E-state index contributed by atoms with van der Waals surface area (Å²) in [4.78, 5) is 32.7. The molecular weight excluding hydrogens is 550 g/mol. The Kier molecular flexibility index (Phi) is 22.3. The molecule has 1 unspecified atom stereocenters. The van der Waals surface area contributed by atoms with Crippen LogP contribution in [0, 0.1) is 0 Å². The van der Waals surface area contributed by atoms with Crippen LogP contribution in [0.25, 0.3) is 0 Å². The number of carboxylic acids is 3. The predicted molar refractivity (Wildman–Crippen MR) is 153 cm³/mol. The zero-order valence-electron chi connectivity index (χ0n) is 22.5. The number of thioether (sulfide) groups is 1. The van der Waals surface area contributed by atoms with Gasteiger partial charge in [-0.25, -0.2) is 0 Å². The molecule has 0 spiro atoms. The van der Waals surface area contributed by atoms with Gasteiger partial charge >= 0.3 is 17.9 Å². The van der Waals surface area contributed by atoms with Gasteiger partial charge in [0, 0.05) is 19.0 Å². The first-order chi connectivity index (χ1) is 18.6. The average Bonchev–Trinajstić information content (AvgIpc) is 2.86. The SMILES string of the molecule is CSCC(C(=O)O)N(CC(=O)O)CC(=O)O.Oc1ccc(O)c(CCCCCCOCCOCCCCS)c1. The molecule has 0 heterocycles. The number of ether oxygens (including phenoxy) is 2. The largest absolute Gasteiger partial charge is 0.508 e. The third-order valence-corrected chi connectivity index (χ3v) is 6.31. The van der Waals surface area contributed by atoms with Crippen molar-refractivity contribution in [2.75, 3.05) is 57.3 Å². The fraction of sp³-hybridized carbons (Fsp3) is 0.654. The summed E-state index contributed by atoms with van der Waals surface area (Å²) in [5.41, 5.74) is 0.816. The molecule has 0 saturated heterocycles. The van der Waals surface area contributed by atoms with E-state index in [4.69, 9.17) is 24.8 Å². The van der Waals surface area contributed by atoms with Crippen molar-refractivity contribution in [1.82, 2.24) is 4.90 Å². The van der Waals surface area contributed by atoms with E-state index in [1.807, 2.05) is 0 Å². The molecule has 0 amide bonds. The molecule has 5 N–H and O–H groups in total. The zero-order chi connectivity index (χ0) is 29.5. The van der Waals surface area contributed by atoms with Crippen LogP contribution in [0.5, 0.6) is 11.5 Å². The molecule has 11 nitrogen and oxygen atoms in total. The van der Waals surface area contributed by atoms with E-state index in [9.17, 15) is 24.6 Å². The molecule has 0 aliphatic heterocycles. The van der Waals surface area contributed by atoms with Crippen LogP contribution in [-0.2, 0) is 30.3 Å². The average molecular weight is 594 g/mol. The van der Waals surface area contributed by atoms with E-state index in [1.54, 1.807) is 18.4 Å². The lowest BCUT2D eigenvalue weighted by Crippen LogP contribution is -2.47. The maximum Gasteiger partial charge on any atom is 0.321 e. The van der Waals surface area contributed by atoms with Crippen LogP contribution in [0.3, 0.4) is 0 Å². The van der Waals surface area contributed by atoms with E-state index in [0.29, 0.717) is 13.2 Å². The van der Waals surface area contributed by atoms with Gasteiger partial charge in [-0.2, -0.15) is 24.4 Å². The van der Waals surface area contributed by atoms with E-state index in [-0.39, 0.29) is 17.3 Å². The molecule has 13 heteroatoms. The summed E-state index contributed by atoms with van der Waals surface area (Å²) in [6, 6.07) is 3.57. The van der Waals surface area contributed by atoms with Gasteiger partial charge in [-0.05, 0) is 67.9 Å². The van der Waals surface area contributed by atoms with Crippen LogP contribution < -0.4 is 0 Å². The van der Waals surface area contributed by atoms with Crippen LogP contribution >= 0.6 is 24.4 Å². The Morgan fingerprint density at radius 3 is 1.95 bits per heavy atom. The van der Waals surface area contributed by atoms with Crippen molar-refractivity contribution in [3.05, 3.63) is 23.8 Å². The number of aromatic hydroxyl groups is 2. The van der Waals surface area contributed by atoms with Crippen molar-refractivity contribution in [2.45, 2.75) is 51.0 Å². The van der Waals surface area contributed by atoms with Gasteiger partial charge in [0.1, 0.15) is 17.5 Å². The quantitative estimate of drug-likeness (QED) is 0.0659. The molecule has 0 fully saturated rings. The Labute approximate surface area is 239 Å². The lowest BCUT2D eigenvalue weighted by molar-refractivity contribution is -0.148. The molecule has 0 aromatic heterocycles. The number of nitrogens with zero attached hydrogens (tertiary/aromatic N) is 1. The molecule has 0 radical (unpaired) electrons. The summed E-state index contributed by atoms with van der Waals surface area (Å²) < 4.78 is 11.0. The minimum absolute atomic E-state index is 0.135. The van der Waals surface area contributed by atoms with Crippen molar-refractivity contribution in [3.8, 4) is 11.5 Å². The zero-order valence-corrected chi connectivity index (χ0v) is 24.2. The van der Waals surface area contributed by atoms with Crippen molar-refractivity contribution in [3.63, 3.8) is 0 Å². The molecule has 0 bridgehead atoms. The highest BCUT2D eigenvalue weighted by molar-refractivity contribution is 7.98. The van der Waals surface area contributed by atoms with Crippen LogP contribution in [0.2, 0.25) is 0 Å². The van der Waals surface area contributed by atoms with Gasteiger partial charge in [0.05, 0.1) is 26.3 Å². The number of unbranched alkanes of at least 4 members (excludes halogenated alkanes) is 4. The number of aryl methyl sites for hydroxylation is 1. The molecule has 1 rings (SSSR count). The normalized spacial score (nSPS) is 11.6. The van der Waals surface area contributed by atoms with E-state index >= 15 is 0 Å². The fourth-order valence-electron chi connectivity index (χ4n) is 3.40. The Hall–Kier alpha value is -2.19. The summed E-state index contributed by atoms with van der Waals surface area (Å²) in [5, 5.41) is 45.1. The number of carbonyl (C=O) groups is 3. The molecule has 0 aliphatic carbocycles. The third kappa shape index (κ3) is 20.4.